The molecule has 0 N–H and O–H groups in total. The summed E-state index contributed by atoms with van der Waals surface area (Å²) in [7, 11) is 0. The van der Waals surface area contributed by atoms with Gasteiger partial charge in [0.2, 0.25) is 6.79 Å². The molecule has 6 heteroatoms. The van der Waals surface area contributed by atoms with E-state index in [2.05, 4.69) is 48.5 Å². The van der Waals surface area contributed by atoms with Gasteiger partial charge in [0.05, 0.1) is 9.48 Å². The van der Waals surface area contributed by atoms with E-state index in [4.69, 9.17) is 14.2 Å². The minimum atomic E-state index is -0.0502. The summed E-state index contributed by atoms with van der Waals surface area (Å²) < 4.78 is 17.6. The van der Waals surface area contributed by atoms with Crippen LogP contribution in [0.25, 0.3) is 0 Å². The fourth-order valence-corrected chi connectivity index (χ4v) is 7.19. The average molecular weight is 411 g/mol. The van der Waals surface area contributed by atoms with Gasteiger partial charge in [0, 0.05) is 15.4 Å². The van der Waals surface area contributed by atoms with Crippen LogP contribution < -0.4 is 14.2 Å². The van der Waals surface area contributed by atoms with Crippen LogP contribution in [0.15, 0.2) is 75.4 Å². The topological polar surface area (TPSA) is 27.7 Å². The minimum Gasteiger partial charge on any atom is -0.473 e. The highest BCUT2D eigenvalue weighted by atomic mass is 32.2. The molecule has 3 heterocycles. The number of benzene rings is 3. The fraction of sp³-hybridized carbons (Fsp3) is 0.143. The van der Waals surface area contributed by atoms with E-state index in [0.29, 0.717) is 11.4 Å². The predicted octanol–water partition coefficient (Wildman–Crippen LogP) is 6.50. The third-order valence-electron chi connectivity index (χ3n) is 4.69. The van der Waals surface area contributed by atoms with Crippen molar-refractivity contribution in [3.8, 4) is 17.2 Å². The summed E-state index contributed by atoms with van der Waals surface area (Å²) >= 11 is 5.57. The second kappa shape index (κ2) is 6.33. The Kier molecular flexibility index (Phi) is 3.77. The fourth-order valence-electron chi connectivity index (χ4n) is 3.35. The molecule has 0 saturated carbocycles. The van der Waals surface area contributed by atoms with Crippen LogP contribution >= 0.6 is 35.3 Å². The number of thioether (sulfide) groups is 3. The Bertz CT molecular complexity index is 1030. The lowest BCUT2D eigenvalue weighted by Crippen LogP contribution is -1.98. The Balaban J connectivity index is 1.25. The molecular weight excluding hydrogens is 396 g/mol. The summed E-state index contributed by atoms with van der Waals surface area (Å²) in [4.78, 5) is 3.91. The van der Waals surface area contributed by atoms with Gasteiger partial charge in [-0.25, -0.2) is 0 Å². The summed E-state index contributed by atoms with van der Waals surface area (Å²) in [5.41, 5.74) is 2.34. The second-order valence-corrected chi connectivity index (χ2v) is 10.1. The van der Waals surface area contributed by atoms with E-state index in [1.54, 1.807) is 11.8 Å². The molecule has 6 rings (SSSR count). The van der Waals surface area contributed by atoms with Crippen LogP contribution in [-0.4, -0.2) is 6.79 Å². The van der Waals surface area contributed by atoms with Crippen LogP contribution in [0.2, 0.25) is 0 Å². The Morgan fingerprint density at radius 2 is 1.41 bits per heavy atom. The molecule has 0 amide bonds. The van der Waals surface area contributed by atoms with Gasteiger partial charge in [-0.15, -0.1) is 23.5 Å². The lowest BCUT2D eigenvalue weighted by Gasteiger charge is -2.11. The Morgan fingerprint density at radius 1 is 0.667 bits per heavy atom. The van der Waals surface area contributed by atoms with E-state index in [9.17, 15) is 0 Å². The predicted molar refractivity (Wildman–Crippen MR) is 109 cm³/mol. The molecule has 0 aliphatic carbocycles. The van der Waals surface area contributed by atoms with Crippen molar-refractivity contribution >= 4 is 35.3 Å². The molecule has 0 spiro atoms. The molecule has 1 unspecified atom stereocenters. The zero-order valence-corrected chi connectivity index (χ0v) is 16.5. The van der Waals surface area contributed by atoms with E-state index in [1.165, 1.54) is 20.2 Å². The number of rotatable bonds is 2. The first-order valence-electron chi connectivity index (χ1n) is 8.63. The first-order valence-corrected chi connectivity index (χ1v) is 11.3. The summed E-state index contributed by atoms with van der Waals surface area (Å²) in [6, 6.07) is 21.2. The van der Waals surface area contributed by atoms with Gasteiger partial charge >= 0.3 is 0 Å². The van der Waals surface area contributed by atoms with Gasteiger partial charge in [0.15, 0.2) is 16.9 Å². The summed E-state index contributed by atoms with van der Waals surface area (Å²) in [5, 5.41) is 0. The lowest BCUT2D eigenvalue weighted by molar-refractivity contribution is 0.174. The van der Waals surface area contributed by atoms with Gasteiger partial charge < -0.3 is 14.2 Å². The maximum Gasteiger partial charge on any atom is 0.231 e. The van der Waals surface area contributed by atoms with Crippen LogP contribution in [-0.2, 0) is 0 Å². The van der Waals surface area contributed by atoms with Crippen LogP contribution in [0, 0.1) is 0 Å². The normalized spacial score (nSPS) is 19.6. The molecular formula is C21H14O3S3. The highest BCUT2D eigenvalue weighted by Gasteiger charge is 2.30. The minimum absolute atomic E-state index is 0.0502. The monoisotopic (exact) mass is 410 g/mol. The number of hydrogen-bond acceptors (Lipinski definition) is 6. The molecule has 0 fully saturated rings. The molecule has 0 saturated heterocycles. The molecule has 3 aliphatic rings. The molecule has 0 radical (unpaired) electrons. The zero-order valence-electron chi connectivity index (χ0n) is 14.1. The van der Waals surface area contributed by atoms with Gasteiger partial charge in [-0.05, 0) is 42.0 Å². The quantitative estimate of drug-likeness (QED) is 0.479. The van der Waals surface area contributed by atoms with Gasteiger partial charge in [0.1, 0.15) is 5.75 Å². The molecule has 0 bridgehead atoms. The van der Waals surface area contributed by atoms with Gasteiger partial charge in [-0.3, -0.25) is 0 Å². The molecule has 3 aliphatic heterocycles. The molecule has 3 nitrogen and oxygen atoms in total. The van der Waals surface area contributed by atoms with Crippen molar-refractivity contribution < 1.29 is 14.2 Å². The van der Waals surface area contributed by atoms with E-state index in [-0.39, 0.29) is 5.44 Å². The molecule has 1 atom stereocenters. The number of ether oxygens (including phenoxy) is 3. The lowest BCUT2D eigenvalue weighted by atomic mass is 10.2. The van der Waals surface area contributed by atoms with E-state index in [1.807, 2.05) is 35.7 Å². The molecule has 3 aromatic rings. The van der Waals surface area contributed by atoms with Crippen molar-refractivity contribution in [1.82, 2.24) is 0 Å². The number of fused-ring (bicyclic) bond motifs is 3. The van der Waals surface area contributed by atoms with Crippen LogP contribution in [0.1, 0.15) is 21.1 Å². The first kappa shape index (κ1) is 16.1. The smallest absolute Gasteiger partial charge is 0.231 e. The van der Waals surface area contributed by atoms with Crippen molar-refractivity contribution in [2.75, 3.05) is 6.79 Å². The van der Waals surface area contributed by atoms with Crippen LogP contribution in [0.5, 0.6) is 17.2 Å². The summed E-state index contributed by atoms with van der Waals surface area (Å²) in [6.45, 7) is 0.292. The van der Waals surface area contributed by atoms with Crippen molar-refractivity contribution in [2.24, 2.45) is 0 Å². The van der Waals surface area contributed by atoms with E-state index in [0.717, 1.165) is 22.8 Å². The standard InChI is InChI=1S/C21H14O3S3/c1-2-4-19-18(3-1)26-21(27-19)13-6-8-17-16(10-13)24-20(25-17)12-5-7-14-15(9-12)23-11-22-14/h1-10,20-21H,11H2. The Labute approximate surface area is 169 Å². The van der Waals surface area contributed by atoms with E-state index < -0.39 is 0 Å². The average Bonchev–Trinajstić information content (AvgIpc) is 3.42. The third kappa shape index (κ3) is 2.78. The SMILES string of the molecule is c1ccc2c(c1)SC(c1ccc3c(c1)OC(c1ccc4c(c1)OCO4)S3)S2. The summed E-state index contributed by atoms with van der Waals surface area (Å²) in [6.07, 6.45) is 0. The van der Waals surface area contributed by atoms with Gasteiger partial charge in [-0.1, -0.05) is 36.0 Å². The highest BCUT2D eigenvalue weighted by Crippen LogP contribution is 2.58. The van der Waals surface area contributed by atoms with E-state index >= 15 is 0 Å². The van der Waals surface area contributed by atoms with Crippen molar-refractivity contribution in [3.05, 3.63) is 71.8 Å². The highest BCUT2D eigenvalue weighted by molar-refractivity contribution is 8.19. The Morgan fingerprint density at radius 3 is 2.26 bits per heavy atom. The maximum atomic E-state index is 6.28. The third-order valence-corrected chi connectivity index (χ3v) is 8.77. The molecule has 134 valence electrons. The van der Waals surface area contributed by atoms with Gasteiger partial charge in [-0.2, -0.15) is 0 Å². The van der Waals surface area contributed by atoms with Crippen LogP contribution in [0.4, 0.5) is 0 Å². The molecule has 0 aromatic heterocycles. The van der Waals surface area contributed by atoms with Crippen molar-refractivity contribution in [1.29, 1.82) is 0 Å². The van der Waals surface area contributed by atoms with Crippen molar-refractivity contribution in [2.45, 2.75) is 24.7 Å². The molecule has 3 aromatic carbocycles. The van der Waals surface area contributed by atoms with Gasteiger partial charge in [0.25, 0.3) is 0 Å². The largest absolute Gasteiger partial charge is 0.473 e. The number of hydrogen-bond donors (Lipinski definition) is 0. The Hall–Kier alpha value is -1.89. The maximum absolute atomic E-state index is 6.28. The van der Waals surface area contributed by atoms with Crippen LogP contribution in [0.3, 0.4) is 0 Å². The summed E-state index contributed by atoms with van der Waals surface area (Å²) in [5.74, 6) is 2.57. The molecule has 27 heavy (non-hydrogen) atoms. The van der Waals surface area contributed by atoms with Crippen molar-refractivity contribution in [3.63, 3.8) is 0 Å². The zero-order chi connectivity index (χ0) is 17.8. The first-order chi connectivity index (χ1) is 13.3. The second-order valence-electron chi connectivity index (χ2n) is 6.40.